The van der Waals surface area contributed by atoms with Gasteiger partial charge in [0.2, 0.25) is 0 Å². The number of ether oxygens (including phenoxy) is 1. The third kappa shape index (κ3) is 4.41. The molecule has 0 spiro atoms. The summed E-state index contributed by atoms with van der Waals surface area (Å²) in [5.74, 6) is -0.0207. The Labute approximate surface area is 169 Å². The molecule has 7 nitrogen and oxygen atoms in total. The van der Waals surface area contributed by atoms with E-state index in [9.17, 15) is 0 Å². The predicted octanol–water partition coefficient (Wildman–Crippen LogP) is 3.01. The van der Waals surface area contributed by atoms with Crippen molar-refractivity contribution in [3.8, 4) is 12.1 Å². The molecule has 1 N–H and O–H groups in total. The minimum absolute atomic E-state index is 0.0124. The fraction of sp³-hybridized carbons (Fsp3) is 0.333. The van der Waals surface area contributed by atoms with Crippen LogP contribution in [0.3, 0.4) is 0 Å². The lowest BCUT2D eigenvalue weighted by atomic mass is 10.1. The van der Waals surface area contributed by atoms with E-state index in [0.29, 0.717) is 42.8 Å². The van der Waals surface area contributed by atoms with Crippen LogP contribution in [-0.2, 0) is 0 Å². The van der Waals surface area contributed by atoms with Crippen LogP contribution in [0, 0.1) is 17.1 Å². The Bertz CT molecular complexity index is 1010. The second kappa shape index (κ2) is 9.26. The largest absolute Gasteiger partial charge is 0.467 e. The van der Waals surface area contributed by atoms with Crippen LogP contribution in [0.25, 0.3) is 16.5 Å². The zero-order chi connectivity index (χ0) is 20.8. The molecule has 1 aliphatic heterocycles. The topological polar surface area (TPSA) is 87.0 Å². The van der Waals surface area contributed by atoms with Gasteiger partial charge in [-0.2, -0.15) is 15.2 Å². The summed E-state index contributed by atoms with van der Waals surface area (Å²) in [7, 11) is 1.44. The molecule has 0 aliphatic carbocycles. The second-order valence-electron chi connectivity index (χ2n) is 6.59. The molecule has 3 rings (SSSR count). The van der Waals surface area contributed by atoms with Gasteiger partial charge in [0.25, 0.3) is 0 Å². The van der Waals surface area contributed by atoms with Crippen LogP contribution in [0.5, 0.6) is 6.01 Å². The highest BCUT2D eigenvalue weighted by molar-refractivity contribution is 5.92. The molecule has 150 valence electrons. The molecule has 1 atom stereocenters. The Balaban J connectivity index is 2.07. The van der Waals surface area contributed by atoms with Gasteiger partial charge >= 0.3 is 6.01 Å². The van der Waals surface area contributed by atoms with Gasteiger partial charge in [-0.25, -0.2) is 4.39 Å². The number of hydrogen-bond donors (Lipinski definition) is 1. The maximum atomic E-state index is 15.3. The Morgan fingerprint density at radius 2 is 2.31 bits per heavy atom. The lowest BCUT2D eigenvalue weighted by Crippen LogP contribution is -2.51. The number of fused-ring (bicyclic) bond motifs is 1. The molecule has 0 amide bonds. The summed E-state index contributed by atoms with van der Waals surface area (Å²) < 4.78 is 20.5. The number of piperazine rings is 1. The minimum atomic E-state index is -0.566. The Hall–Kier alpha value is -3.31. The Kier molecular flexibility index (Phi) is 6.52. The van der Waals surface area contributed by atoms with Crippen LogP contribution in [0.4, 0.5) is 10.2 Å². The maximum Gasteiger partial charge on any atom is 0.318 e. The number of halogens is 1. The van der Waals surface area contributed by atoms with Crippen molar-refractivity contribution in [1.29, 1.82) is 5.26 Å². The molecule has 0 aromatic carbocycles. The molecule has 8 heteroatoms. The number of nitriles is 1. The van der Waals surface area contributed by atoms with E-state index in [2.05, 4.69) is 32.9 Å². The van der Waals surface area contributed by atoms with Crippen molar-refractivity contribution in [2.45, 2.75) is 19.4 Å². The lowest BCUT2D eigenvalue weighted by molar-refractivity contribution is 0.380. The van der Waals surface area contributed by atoms with E-state index in [1.807, 2.05) is 24.0 Å². The molecular weight excluding hydrogens is 371 g/mol. The number of allylic oxidation sites excluding steroid dienone is 5. The smallest absolute Gasteiger partial charge is 0.318 e. The Morgan fingerprint density at radius 3 is 3.03 bits per heavy atom. The molecule has 1 saturated heterocycles. The van der Waals surface area contributed by atoms with Gasteiger partial charge in [0.05, 0.1) is 25.0 Å². The first kappa shape index (κ1) is 20.4. The van der Waals surface area contributed by atoms with Crippen molar-refractivity contribution in [3.63, 3.8) is 0 Å². The average Bonchev–Trinajstić information content (AvgIpc) is 2.74. The molecule has 0 bridgehead atoms. The number of rotatable bonds is 6. The van der Waals surface area contributed by atoms with Crippen molar-refractivity contribution in [1.82, 2.24) is 20.3 Å². The van der Waals surface area contributed by atoms with Gasteiger partial charge in [0.15, 0.2) is 5.82 Å². The summed E-state index contributed by atoms with van der Waals surface area (Å²) in [6.07, 6.45) is 9.11. The van der Waals surface area contributed by atoms with Crippen molar-refractivity contribution < 1.29 is 9.13 Å². The summed E-state index contributed by atoms with van der Waals surface area (Å²) in [6, 6.07) is 2.27. The fourth-order valence-corrected chi connectivity index (χ4v) is 3.20. The van der Waals surface area contributed by atoms with Crippen molar-refractivity contribution >= 4 is 22.3 Å². The molecule has 1 unspecified atom stereocenters. The molecule has 29 heavy (non-hydrogen) atoms. The van der Waals surface area contributed by atoms with Crippen LogP contribution in [0.2, 0.25) is 0 Å². The molecule has 1 aliphatic rings. The van der Waals surface area contributed by atoms with E-state index in [0.717, 1.165) is 0 Å². The van der Waals surface area contributed by atoms with E-state index < -0.39 is 5.82 Å². The highest BCUT2D eigenvalue weighted by atomic mass is 19.1. The average molecular weight is 394 g/mol. The quantitative estimate of drug-likeness (QED) is 0.754. The van der Waals surface area contributed by atoms with Crippen LogP contribution in [0.1, 0.15) is 19.0 Å². The zero-order valence-corrected chi connectivity index (χ0v) is 16.5. The summed E-state index contributed by atoms with van der Waals surface area (Å²) in [5.41, 5.74) is 0.707. The highest BCUT2D eigenvalue weighted by Crippen LogP contribution is 2.30. The summed E-state index contributed by atoms with van der Waals surface area (Å²) in [6.45, 7) is 7.73. The van der Waals surface area contributed by atoms with Crippen LogP contribution >= 0.6 is 0 Å². The van der Waals surface area contributed by atoms with E-state index in [1.54, 1.807) is 18.3 Å². The number of nitrogens with zero attached hydrogens (tertiary/aromatic N) is 5. The van der Waals surface area contributed by atoms with E-state index in [4.69, 9.17) is 10.00 Å². The molecular formula is C21H23FN6O. The molecule has 2 aromatic heterocycles. The van der Waals surface area contributed by atoms with E-state index >= 15 is 4.39 Å². The van der Waals surface area contributed by atoms with Crippen molar-refractivity contribution in [2.75, 3.05) is 31.6 Å². The van der Waals surface area contributed by atoms with Gasteiger partial charge in [-0.15, -0.1) is 0 Å². The van der Waals surface area contributed by atoms with Crippen LogP contribution in [-0.4, -0.2) is 47.7 Å². The third-order valence-corrected chi connectivity index (χ3v) is 4.62. The van der Waals surface area contributed by atoms with Gasteiger partial charge in [-0.3, -0.25) is 4.98 Å². The second-order valence-corrected chi connectivity index (χ2v) is 6.59. The normalized spacial score (nSPS) is 17.2. The summed E-state index contributed by atoms with van der Waals surface area (Å²) >= 11 is 0. The predicted molar refractivity (Wildman–Crippen MR) is 111 cm³/mol. The first-order valence-corrected chi connectivity index (χ1v) is 9.33. The first-order chi connectivity index (χ1) is 14.1. The number of anilines is 1. The maximum absolute atomic E-state index is 15.3. The lowest BCUT2D eigenvalue weighted by Gasteiger charge is -2.34. The summed E-state index contributed by atoms with van der Waals surface area (Å²) in [5, 5.41) is 12.8. The van der Waals surface area contributed by atoms with Gasteiger partial charge in [0.1, 0.15) is 17.0 Å². The zero-order valence-electron chi connectivity index (χ0n) is 16.5. The molecule has 2 aromatic rings. The number of pyridine rings is 1. The van der Waals surface area contributed by atoms with E-state index in [1.165, 1.54) is 7.11 Å². The van der Waals surface area contributed by atoms with Gasteiger partial charge in [0, 0.05) is 31.9 Å². The van der Waals surface area contributed by atoms with Gasteiger partial charge in [-0.1, -0.05) is 30.9 Å². The van der Waals surface area contributed by atoms with Crippen molar-refractivity contribution in [2.24, 2.45) is 0 Å². The van der Waals surface area contributed by atoms with Crippen molar-refractivity contribution in [3.05, 3.63) is 48.6 Å². The molecule has 0 radical (unpaired) electrons. The first-order valence-electron chi connectivity index (χ1n) is 9.33. The Morgan fingerprint density at radius 1 is 1.48 bits per heavy atom. The SMILES string of the molecule is C=C(/C=C\C=C/C)c1ncc2c(N3CCNC(CC#N)C3)nc(OC)nc2c1F. The van der Waals surface area contributed by atoms with Crippen LogP contribution in [0.15, 0.2) is 37.1 Å². The van der Waals surface area contributed by atoms with E-state index in [-0.39, 0.29) is 23.3 Å². The molecule has 1 fully saturated rings. The molecule has 3 heterocycles. The van der Waals surface area contributed by atoms with Crippen LogP contribution < -0.4 is 15.0 Å². The van der Waals surface area contributed by atoms with Gasteiger partial charge < -0.3 is 15.0 Å². The van der Waals surface area contributed by atoms with Gasteiger partial charge in [-0.05, 0) is 12.5 Å². The monoisotopic (exact) mass is 394 g/mol. The third-order valence-electron chi connectivity index (χ3n) is 4.62. The minimum Gasteiger partial charge on any atom is -0.467 e. The fourth-order valence-electron chi connectivity index (χ4n) is 3.20. The number of nitrogens with one attached hydrogen (secondary N) is 1. The number of hydrogen-bond acceptors (Lipinski definition) is 7. The summed E-state index contributed by atoms with van der Waals surface area (Å²) in [4.78, 5) is 15.0. The molecule has 0 saturated carbocycles. The highest BCUT2D eigenvalue weighted by Gasteiger charge is 2.25. The standard InChI is InChI=1S/C21H23FN6O/c1-4-5-6-7-14(2)18-17(22)19-16(12-25-18)20(27-21(26-19)29-3)28-11-10-24-15(13-28)8-9-23/h4-7,12,15,24H,2,8,10-11,13H2,1,3H3/b5-4-,7-6-. The number of aromatic nitrogens is 3. The number of methoxy groups -OCH3 is 1.